The van der Waals surface area contributed by atoms with Crippen LogP contribution in [0, 0.1) is 11.7 Å². The highest BCUT2D eigenvalue weighted by molar-refractivity contribution is 5.66. The molecule has 1 heterocycles. The van der Waals surface area contributed by atoms with Crippen LogP contribution in [-0.2, 0) is 12.7 Å². The Morgan fingerprint density at radius 1 is 1.28 bits per heavy atom. The van der Waals surface area contributed by atoms with Gasteiger partial charge in [0.15, 0.2) is 11.6 Å². The highest BCUT2D eigenvalue weighted by Crippen LogP contribution is 2.41. The van der Waals surface area contributed by atoms with Gasteiger partial charge in [-0.2, -0.15) is 18.3 Å². The van der Waals surface area contributed by atoms with Crippen LogP contribution in [0.5, 0.6) is 5.75 Å². The zero-order chi connectivity index (χ0) is 21.0. The van der Waals surface area contributed by atoms with E-state index in [-0.39, 0.29) is 18.1 Å². The van der Waals surface area contributed by atoms with Crippen LogP contribution < -0.4 is 4.74 Å². The molecular formula is C21H27F4N3O. The minimum atomic E-state index is -4.72. The minimum Gasteiger partial charge on any atom is -0.490 e. The Balaban J connectivity index is 1.88. The Morgan fingerprint density at radius 3 is 2.66 bits per heavy atom. The summed E-state index contributed by atoms with van der Waals surface area (Å²) in [6.45, 7) is 3.57. The maximum atomic E-state index is 14.7. The van der Waals surface area contributed by atoms with Crippen molar-refractivity contribution < 1.29 is 22.3 Å². The Bertz CT molecular complexity index is 815. The van der Waals surface area contributed by atoms with E-state index in [1.807, 2.05) is 7.05 Å². The number of rotatable bonds is 9. The molecule has 0 radical (unpaired) electrons. The van der Waals surface area contributed by atoms with E-state index < -0.39 is 23.3 Å². The molecule has 4 nitrogen and oxygen atoms in total. The van der Waals surface area contributed by atoms with Crippen LogP contribution >= 0.6 is 0 Å². The number of alkyl halides is 3. The van der Waals surface area contributed by atoms with Crippen LogP contribution in [0.15, 0.2) is 18.3 Å². The predicted molar refractivity (Wildman–Crippen MR) is 103 cm³/mol. The molecule has 1 aliphatic carbocycles. The fourth-order valence-corrected chi connectivity index (χ4v) is 3.43. The summed E-state index contributed by atoms with van der Waals surface area (Å²) in [5.41, 5.74) is 0.136. The maximum absolute atomic E-state index is 14.7. The van der Waals surface area contributed by atoms with Gasteiger partial charge in [-0.05, 0) is 50.9 Å². The van der Waals surface area contributed by atoms with Gasteiger partial charge < -0.3 is 9.64 Å². The second kappa shape index (κ2) is 9.15. The molecule has 1 fully saturated rings. The van der Waals surface area contributed by atoms with Gasteiger partial charge in [0.1, 0.15) is 5.56 Å². The number of nitrogens with zero attached hydrogens (tertiary/aromatic N) is 2. The summed E-state index contributed by atoms with van der Waals surface area (Å²) in [7, 11) is 1.94. The lowest BCUT2D eigenvalue weighted by Gasteiger charge is -2.26. The fraction of sp³-hybridized carbons (Fsp3) is 0.571. The molecule has 0 saturated heterocycles. The molecule has 1 aromatic heterocycles. The van der Waals surface area contributed by atoms with Gasteiger partial charge in [0, 0.05) is 17.7 Å². The van der Waals surface area contributed by atoms with E-state index in [1.165, 1.54) is 0 Å². The molecule has 1 saturated carbocycles. The van der Waals surface area contributed by atoms with Crippen LogP contribution in [0.25, 0.3) is 11.3 Å². The summed E-state index contributed by atoms with van der Waals surface area (Å²) in [6.07, 6.45) is 1.77. The van der Waals surface area contributed by atoms with Crippen LogP contribution in [0.2, 0.25) is 0 Å². The van der Waals surface area contributed by atoms with Gasteiger partial charge in [-0.3, -0.25) is 5.10 Å². The standard InChI is InChI=1S/C21H27F4N3O/c1-3-4-8-28(2)12-16-11-26-27-19(16)15-9-17(21(23,24)25)20(18(22)10-15)29-13-14-6-5-7-14/h9-11,14H,3-8,12-13H2,1-2H3,(H,26,27). The van der Waals surface area contributed by atoms with Crippen LogP contribution in [0.3, 0.4) is 0 Å². The average Bonchev–Trinajstić information content (AvgIpc) is 3.06. The maximum Gasteiger partial charge on any atom is 0.420 e. The molecule has 0 unspecified atom stereocenters. The highest BCUT2D eigenvalue weighted by Gasteiger charge is 2.37. The van der Waals surface area contributed by atoms with Crippen LogP contribution in [0.1, 0.15) is 50.2 Å². The largest absolute Gasteiger partial charge is 0.490 e. The second-order valence-corrected chi connectivity index (χ2v) is 7.80. The van der Waals surface area contributed by atoms with Crippen molar-refractivity contribution >= 4 is 0 Å². The highest BCUT2D eigenvalue weighted by atomic mass is 19.4. The molecule has 0 bridgehead atoms. The zero-order valence-corrected chi connectivity index (χ0v) is 16.8. The third kappa shape index (κ3) is 5.29. The molecule has 29 heavy (non-hydrogen) atoms. The Labute approximate surface area is 168 Å². The number of nitrogens with one attached hydrogen (secondary N) is 1. The lowest BCUT2D eigenvalue weighted by molar-refractivity contribution is -0.139. The van der Waals surface area contributed by atoms with Crippen molar-refractivity contribution in [1.82, 2.24) is 15.1 Å². The number of hydrogen-bond donors (Lipinski definition) is 1. The molecule has 1 aromatic carbocycles. The van der Waals surface area contributed by atoms with Crippen molar-refractivity contribution in [3.63, 3.8) is 0 Å². The van der Waals surface area contributed by atoms with Gasteiger partial charge in [-0.25, -0.2) is 4.39 Å². The Kier molecular flexibility index (Phi) is 6.82. The van der Waals surface area contributed by atoms with Crippen molar-refractivity contribution in [3.8, 4) is 17.0 Å². The smallest absolute Gasteiger partial charge is 0.420 e. The second-order valence-electron chi connectivity index (χ2n) is 7.80. The van der Waals surface area contributed by atoms with E-state index in [2.05, 4.69) is 22.0 Å². The third-order valence-corrected chi connectivity index (χ3v) is 5.38. The molecule has 0 spiro atoms. The Morgan fingerprint density at radius 2 is 2.03 bits per heavy atom. The molecule has 160 valence electrons. The topological polar surface area (TPSA) is 41.2 Å². The molecule has 8 heteroatoms. The SMILES string of the molecule is CCCCN(C)Cc1cn[nH]c1-c1cc(F)c(OCC2CCC2)c(C(F)(F)F)c1. The summed E-state index contributed by atoms with van der Waals surface area (Å²) in [5.74, 6) is -1.52. The number of hydrogen-bond acceptors (Lipinski definition) is 3. The van der Waals surface area contributed by atoms with Gasteiger partial charge in [-0.1, -0.05) is 19.8 Å². The van der Waals surface area contributed by atoms with Crippen molar-refractivity contribution in [2.75, 3.05) is 20.2 Å². The molecule has 0 aliphatic heterocycles. The van der Waals surface area contributed by atoms with Gasteiger partial charge in [0.2, 0.25) is 0 Å². The van der Waals surface area contributed by atoms with E-state index in [1.54, 1.807) is 6.20 Å². The number of benzene rings is 1. The number of ether oxygens (including phenoxy) is 1. The lowest BCUT2D eigenvalue weighted by Crippen LogP contribution is -2.21. The summed E-state index contributed by atoms with van der Waals surface area (Å²) in [5, 5.41) is 6.69. The summed E-state index contributed by atoms with van der Waals surface area (Å²) >= 11 is 0. The van der Waals surface area contributed by atoms with Gasteiger partial charge >= 0.3 is 6.18 Å². The van der Waals surface area contributed by atoms with Gasteiger partial charge in [-0.15, -0.1) is 0 Å². The molecule has 0 amide bonds. The molecule has 1 aliphatic rings. The summed E-state index contributed by atoms with van der Waals surface area (Å²) in [4.78, 5) is 2.06. The first-order valence-electron chi connectivity index (χ1n) is 10.0. The zero-order valence-electron chi connectivity index (χ0n) is 16.8. The van der Waals surface area contributed by atoms with Crippen molar-refractivity contribution in [2.24, 2.45) is 5.92 Å². The molecular weight excluding hydrogens is 386 g/mol. The first kappa shape index (κ1) is 21.6. The minimum absolute atomic E-state index is 0.108. The number of aromatic amines is 1. The first-order chi connectivity index (χ1) is 13.8. The average molecular weight is 413 g/mol. The normalized spacial score (nSPS) is 15.0. The molecule has 3 rings (SSSR count). The molecule has 1 N–H and O–H groups in total. The van der Waals surface area contributed by atoms with Gasteiger partial charge in [0.25, 0.3) is 0 Å². The fourth-order valence-electron chi connectivity index (χ4n) is 3.43. The van der Waals surface area contributed by atoms with Crippen LogP contribution in [0.4, 0.5) is 17.6 Å². The predicted octanol–water partition coefficient (Wildman–Crippen LogP) is 5.65. The van der Waals surface area contributed by atoms with E-state index in [9.17, 15) is 17.6 Å². The van der Waals surface area contributed by atoms with E-state index in [4.69, 9.17) is 4.74 Å². The monoisotopic (exact) mass is 413 g/mol. The number of aromatic nitrogens is 2. The van der Waals surface area contributed by atoms with Crippen molar-refractivity contribution in [3.05, 3.63) is 35.3 Å². The van der Waals surface area contributed by atoms with E-state index >= 15 is 0 Å². The first-order valence-corrected chi connectivity index (χ1v) is 10.0. The lowest BCUT2D eigenvalue weighted by atomic mass is 9.86. The molecule has 2 aromatic rings. The van der Waals surface area contributed by atoms with E-state index in [0.29, 0.717) is 12.2 Å². The van der Waals surface area contributed by atoms with Crippen LogP contribution in [-0.4, -0.2) is 35.3 Å². The number of unbranched alkanes of at least 4 members (excludes halogenated alkanes) is 1. The number of halogens is 4. The molecule has 0 atom stereocenters. The quantitative estimate of drug-likeness (QED) is 0.541. The summed E-state index contributed by atoms with van der Waals surface area (Å²) in [6, 6.07) is 2.04. The van der Waals surface area contributed by atoms with Gasteiger partial charge in [0.05, 0.1) is 18.5 Å². The summed E-state index contributed by atoms with van der Waals surface area (Å²) < 4.78 is 60.9. The van der Waals surface area contributed by atoms with Crippen molar-refractivity contribution in [2.45, 2.75) is 51.7 Å². The third-order valence-electron chi connectivity index (χ3n) is 5.38. The van der Waals surface area contributed by atoms with E-state index in [0.717, 1.165) is 56.3 Å². The number of H-pyrrole nitrogens is 1. The van der Waals surface area contributed by atoms with Crippen molar-refractivity contribution in [1.29, 1.82) is 0 Å². The Hall–Kier alpha value is -2.09.